The van der Waals surface area contributed by atoms with Crippen molar-refractivity contribution in [2.75, 3.05) is 0 Å². The summed E-state index contributed by atoms with van der Waals surface area (Å²) in [6.45, 7) is 33.4. The molecule has 0 spiro atoms. The summed E-state index contributed by atoms with van der Waals surface area (Å²) < 4.78 is 24.9. The van der Waals surface area contributed by atoms with Gasteiger partial charge in [0.1, 0.15) is 28.8 Å². The molecule has 7 nitrogen and oxygen atoms in total. The van der Waals surface area contributed by atoms with Crippen LogP contribution in [0.4, 0.5) is 0 Å². The molecule has 0 unspecified atom stereocenters. The second kappa shape index (κ2) is 17.4. The third-order valence-corrected chi connectivity index (χ3v) is 14.6. The Bertz CT molecular complexity index is 3570. The van der Waals surface area contributed by atoms with Crippen LogP contribution in [0.3, 0.4) is 0 Å². The Hall–Kier alpha value is -6.37. The van der Waals surface area contributed by atoms with E-state index >= 15 is 0 Å². The maximum Gasteiger partial charge on any atom is 2.00 e. The average Bonchev–Trinajstić information content (AvgIpc) is 3.94. The summed E-state index contributed by atoms with van der Waals surface area (Å²) in [6, 6.07) is 44.6. The van der Waals surface area contributed by atoms with Crippen molar-refractivity contribution in [3.05, 3.63) is 162 Å². The summed E-state index contributed by atoms with van der Waals surface area (Å²) in [5, 5.41) is 6.86. The molecule has 0 aliphatic carbocycles. The van der Waals surface area contributed by atoms with Crippen molar-refractivity contribution in [2.24, 2.45) is 0 Å². The number of rotatable bonds is 5. The van der Waals surface area contributed by atoms with Gasteiger partial charge >= 0.3 is 21.1 Å². The largest absolute Gasteiger partial charge is 2.00 e. The van der Waals surface area contributed by atoms with Gasteiger partial charge in [-0.2, -0.15) is 11.2 Å². The Morgan fingerprint density at radius 2 is 1.10 bits per heavy atom. The predicted molar refractivity (Wildman–Crippen MR) is 297 cm³/mol. The van der Waals surface area contributed by atoms with Crippen LogP contribution in [-0.2, 0) is 48.1 Å². The molecule has 2 aliphatic heterocycles. The van der Waals surface area contributed by atoms with Gasteiger partial charge in [-0.25, -0.2) is 4.98 Å². The minimum absolute atomic E-state index is 0. The maximum atomic E-state index is 6.99. The number of pyridine rings is 1. The SMILES string of the molecule is CC(C)(C)c1cc(Oc2[c-]c3c(cc2)c2cc(-c4cc5c6c(c4)Oc4cc(C(C)(C)C)ccc4B6c4ccc(C(C)(C)C)cc4O5)ccc2n3-c2cc(C(C)(C)C)ccn2)[c-]c(-n2cc(C(C)(C)C)cn2)c1.[Pt+2]. The Balaban J connectivity index is 0.00000611. The number of benzene rings is 6. The van der Waals surface area contributed by atoms with Crippen LogP contribution in [0.15, 0.2) is 122 Å². The molecule has 9 aromatic rings. The van der Waals surface area contributed by atoms with Crippen molar-refractivity contribution in [1.82, 2.24) is 19.3 Å². The van der Waals surface area contributed by atoms with E-state index in [1.807, 2.05) is 23.1 Å². The van der Waals surface area contributed by atoms with E-state index in [0.717, 1.165) is 95.0 Å². The van der Waals surface area contributed by atoms with Gasteiger partial charge in [0, 0.05) is 34.9 Å². The van der Waals surface area contributed by atoms with E-state index in [0.29, 0.717) is 11.5 Å². The van der Waals surface area contributed by atoms with Crippen molar-refractivity contribution in [3.8, 4) is 57.1 Å². The van der Waals surface area contributed by atoms with Crippen molar-refractivity contribution < 1.29 is 35.3 Å². The van der Waals surface area contributed by atoms with E-state index < -0.39 is 0 Å². The van der Waals surface area contributed by atoms with Gasteiger partial charge in [-0.1, -0.05) is 146 Å². The van der Waals surface area contributed by atoms with Crippen LogP contribution in [0.5, 0.6) is 34.5 Å². The van der Waals surface area contributed by atoms with E-state index in [4.69, 9.17) is 24.3 Å². The van der Waals surface area contributed by atoms with E-state index in [1.54, 1.807) is 0 Å². The van der Waals surface area contributed by atoms with Gasteiger partial charge < -0.3 is 18.8 Å². The number of hydrogen-bond donors (Lipinski definition) is 0. The van der Waals surface area contributed by atoms with Gasteiger partial charge in [0.05, 0.1) is 6.20 Å². The summed E-state index contributed by atoms with van der Waals surface area (Å²) in [5.41, 5.74) is 13.7. The fraction of sp³-hybridized carbons (Fsp3) is 0.312. The fourth-order valence-corrected chi connectivity index (χ4v) is 10.1. The molecule has 11 rings (SSSR count). The van der Waals surface area contributed by atoms with E-state index in [9.17, 15) is 0 Å². The zero-order chi connectivity index (χ0) is 51.0. The Labute approximate surface area is 446 Å². The molecular weight excluding hydrogens is 1080 g/mol. The van der Waals surface area contributed by atoms with E-state index in [2.05, 4.69) is 224 Å². The molecule has 0 saturated heterocycles. The zero-order valence-electron chi connectivity index (χ0n) is 45.0. The summed E-state index contributed by atoms with van der Waals surface area (Å²) in [7, 11) is 0. The molecule has 5 heterocycles. The monoisotopic (exact) mass is 1140 g/mol. The predicted octanol–water partition coefficient (Wildman–Crippen LogP) is 14.6. The van der Waals surface area contributed by atoms with Crippen LogP contribution >= 0.6 is 0 Å². The number of nitrogens with zero attached hydrogens (tertiary/aromatic N) is 4. The van der Waals surface area contributed by atoms with Gasteiger partial charge in [-0.3, -0.25) is 4.68 Å². The van der Waals surface area contributed by atoms with Crippen LogP contribution in [0.1, 0.15) is 132 Å². The number of fused-ring (bicyclic) bond motifs is 7. The van der Waals surface area contributed by atoms with Crippen LogP contribution < -0.4 is 30.6 Å². The average molecular weight is 1140 g/mol. The Morgan fingerprint density at radius 1 is 0.507 bits per heavy atom. The summed E-state index contributed by atoms with van der Waals surface area (Å²) >= 11 is 0. The molecule has 0 N–H and O–H groups in total. The minimum Gasteiger partial charge on any atom is -0.509 e. The van der Waals surface area contributed by atoms with Crippen molar-refractivity contribution in [2.45, 2.75) is 131 Å². The molecule has 0 radical (unpaired) electrons. The molecular formula is C64H65BN4O3Pt. The molecule has 3 aromatic heterocycles. The van der Waals surface area contributed by atoms with Gasteiger partial charge in [0.15, 0.2) is 0 Å². The van der Waals surface area contributed by atoms with Crippen molar-refractivity contribution in [3.63, 3.8) is 0 Å². The van der Waals surface area contributed by atoms with Crippen LogP contribution in [0.2, 0.25) is 0 Å². The number of hydrogen-bond acceptors (Lipinski definition) is 5. The molecule has 0 atom stereocenters. The number of aromatic nitrogens is 4. The van der Waals surface area contributed by atoms with Gasteiger partial charge in [-0.15, -0.1) is 41.3 Å². The molecule has 2 aliphatic rings. The first-order valence-electron chi connectivity index (χ1n) is 25.4. The second-order valence-corrected chi connectivity index (χ2v) is 25.2. The smallest absolute Gasteiger partial charge is 0.509 e. The van der Waals surface area contributed by atoms with Gasteiger partial charge in [0.2, 0.25) is 0 Å². The first-order chi connectivity index (χ1) is 33.8. The summed E-state index contributed by atoms with van der Waals surface area (Å²) in [5.74, 6) is 5.39. The molecule has 73 heavy (non-hydrogen) atoms. The summed E-state index contributed by atoms with van der Waals surface area (Å²) in [6.07, 6.45) is 5.94. The normalized spacial score (nSPS) is 13.5. The molecule has 6 aromatic carbocycles. The summed E-state index contributed by atoms with van der Waals surface area (Å²) in [4.78, 5) is 5.01. The van der Waals surface area contributed by atoms with Crippen molar-refractivity contribution >= 4 is 44.9 Å². The molecule has 372 valence electrons. The Kier molecular flexibility index (Phi) is 11.9. The first kappa shape index (κ1) is 50.2. The third-order valence-electron chi connectivity index (χ3n) is 14.6. The third kappa shape index (κ3) is 9.13. The topological polar surface area (TPSA) is 63.3 Å². The van der Waals surface area contributed by atoms with Crippen LogP contribution in [0, 0.1) is 12.1 Å². The molecule has 0 fully saturated rings. The van der Waals surface area contributed by atoms with Crippen LogP contribution in [-0.4, -0.2) is 26.0 Å². The zero-order valence-corrected chi connectivity index (χ0v) is 47.2. The van der Waals surface area contributed by atoms with E-state index in [-0.39, 0.29) is 54.9 Å². The molecule has 0 amide bonds. The minimum atomic E-state index is -0.153. The Morgan fingerprint density at radius 3 is 1.67 bits per heavy atom. The molecule has 0 bridgehead atoms. The second-order valence-electron chi connectivity index (χ2n) is 25.2. The maximum absolute atomic E-state index is 6.99. The molecule has 9 heteroatoms. The van der Waals surface area contributed by atoms with Gasteiger partial charge in [-0.05, 0) is 125 Å². The van der Waals surface area contributed by atoms with Crippen molar-refractivity contribution in [1.29, 1.82) is 0 Å². The standard InChI is InChI=1S/C64H65BN4O3.Pt/c1-60(2,3)40-17-21-50-54(31-40)71-56-27-39(28-57-59(56)65(50)51-22-18-41(61(4,5)6)32-55(51)72-57)38-16-23-52-49(26-38)48-20-19-46(35-53(48)69(52)58-33-42(24-25-66-58)62(7,8)9)70-47-30-43(63(10,11)12)29-45(34-47)68-37-44(36-67-68)64(13,14)15;/h16-33,36-37H,1-15H3;/q-2;+2. The number of ether oxygens (including phenoxy) is 3. The van der Waals surface area contributed by atoms with E-state index in [1.165, 1.54) is 16.7 Å². The first-order valence-corrected chi connectivity index (χ1v) is 25.4. The van der Waals surface area contributed by atoms with Gasteiger partial charge in [0.25, 0.3) is 6.71 Å². The quantitative estimate of drug-likeness (QED) is 0.127. The molecule has 0 saturated carbocycles. The van der Waals surface area contributed by atoms with Crippen LogP contribution in [0.25, 0.3) is 44.4 Å². The fourth-order valence-electron chi connectivity index (χ4n) is 10.1.